The second kappa shape index (κ2) is 10.3. The monoisotopic (exact) mass is 548 g/mol. The number of benzene rings is 1. The maximum atomic E-state index is 14.1. The Hall–Kier alpha value is -3.54. The van der Waals surface area contributed by atoms with E-state index in [1.807, 2.05) is 30.3 Å². The molecule has 1 aliphatic carbocycles. The molecule has 1 spiro atoms. The summed E-state index contributed by atoms with van der Waals surface area (Å²) in [4.78, 5) is 39.5. The number of amidine groups is 1. The quantitative estimate of drug-likeness (QED) is 0.359. The van der Waals surface area contributed by atoms with Gasteiger partial charge in [-0.05, 0) is 38.8 Å². The predicted octanol–water partition coefficient (Wildman–Crippen LogP) is 4.65. The first kappa shape index (κ1) is 27.5. The summed E-state index contributed by atoms with van der Waals surface area (Å²) in [5, 5.41) is 14.8. The Kier molecular flexibility index (Phi) is 7.46. The molecule has 9 nitrogen and oxygen atoms in total. The van der Waals surface area contributed by atoms with Crippen LogP contribution in [-0.2, 0) is 27.4 Å². The zero-order valence-electron chi connectivity index (χ0n) is 21.3. The van der Waals surface area contributed by atoms with Crippen LogP contribution in [0.5, 0.6) is 0 Å². The molecule has 38 heavy (non-hydrogen) atoms. The third-order valence-electron chi connectivity index (χ3n) is 6.39. The number of hydrogen-bond acceptors (Lipinski definition) is 7. The summed E-state index contributed by atoms with van der Waals surface area (Å²) in [6.07, 6.45) is -2.07. The normalized spacial score (nSPS) is 21.6. The first-order valence-electron chi connectivity index (χ1n) is 12.1. The van der Waals surface area contributed by atoms with Crippen molar-refractivity contribution in [1.82, 2.24) is 15.5 Å². The topological polar surface area (TPSA) is 121 Å². The van der Waals surface area contributed by atoms with E-state index >= 15 is 0 Å². The molecular weight excluding hydrogens is 518 g/mol. The number of carbonyl (C=O) groups excluding carboxylic acids is 3. The molecule has 2 fully saturated rings. The molecule has 2 atom stereocenters. The zero-order chi connectivity index (χ0) is 27.7. The molecule has 1 saturated carbocycles. The molecule has 0 radical (unpaired) electrons. The van der Waals surface area contributed by atoms with Crippen molar-refractivity contribution in [3.8, 4) is 0 Å². The van der Waals surface area contributed by atoms with Crippen molar-refractivity contribution in [1.29, 1.82) is 5.41 Å². The van der Waals surface area contributed by atoms with E-state index in [-0.39, 0.29) is 38.4 Å². The maximum absolute atomic E-state index is 14.1. The number of nitrogens with one attached hydrogen (secondary N) is 3. The van der Waals surface area contributed by atoms with Crippen LogP contribution in [0.4, 0.5) is 18.4 Å². The highest BCUT2D eigenvalue weighted by atomic mass is 32.1. The number of hydrogen-bond donors (Lipinski definition) is 3. The summed E-state index contributed by atoms with van der Waals surface area (Å²) in [6, 6.07) is 9.68. The maximum Gasteiger partial charge on any atom is 0.413 e. The van der Waals surface area contributed by atoms with Crippen LogP contribution >= 0.6 is 11.3 Å². The molecule has 2 heterocycles. The van der Waals surface area contributed by atoms with Gasteiger partial charge >= 0.3 is 12.2 Å². The number of carbonyl (C=O) groups is 3. The lowest BCUT2D eigenvalue weighted by atomic mass is 10.0. The Labute approximate surface area is 223 Å². The smallest absolute Gasteiger partial charge is 0.413 e. The van der Waals surface area contributed by atoms with E-state index in [4.69, 9.17) is 14.9 Å². The van der Waals surface area contributed by atoms with Gasteiger partial charge in [0.1, 0.15) is 24.1 Å². The Morgan fingerprint density at radius 3 is 2.53 bits per heavy atom. The minimum absolute atomic E-state index is 0.0650. The standard InChI is InChI=1S/C26H30F2N4O5S/c1-24(2,3)37-23(35)32-15-25(14-26(25,27)28)10-19(32)21(33)30-11-18-9-17(13-38-18)20(29)31-22(34)36-12-16-7-5-4-6-8-16/h4-9,13,19H,10-12,14-15H2,1-3H3,(H,30,33)(H2,29,31,34)/t19-,25-/m0/s1. The summed E-state index contributed by atoms with van der Waals surface area (Å²) in [5.41, 5.74) is -0.993. The molecule has 0 bridgehead atoms. The Morgan fingerprint density at radius 2 is 1.89 bits per heavy atom. The third-order valence-corrected chi connectivity index (χ3v) is 7.33. The van der Waals surface area contributed by atoms with E-state index in [9.17, 15) is 23.2 Å². The molecule has 0 unspecified atom stereocenters. The molecule has 4 rings (SSSR count). The number of thiophene rings is 1. The number of nitrogens with zero attached hydrogens (tertiary/aromatic N) is 1. The summed E-state index contributed by atoms with van der Waals surface area (Å²) in [5.74, 6) is -3.63. The van der Waals surface area contributed by atoms with Crippen LogP contribution in [0.1, 0.15) is 49.6 Å². The van der Waals surface area contributed by atoms with Crippen molar-refractivity contribution < 1.29 is 32.6 Å². The molecule has 1 saturated heterocycles. The SMILES string of the molecule is CC(C)(C)OC(=O)N1C[C@]2(C[C@H]1C(=O)NCc1cc(C(=N)NC(=O)OCc3ccccc3)cs1)CC2(F)F. The molecule has 12 heteroatoms. The lowest BCUT2D eigenvalue weighted by Crippen LogP contribution is -2.47. The number of likely N-dealkylation sites (tertiary alicyclic amines) is 1. The van der Waals surface area contributed by atoms with Crippen LogP contribution in [0.2, 0.25) is 0 Å². The van der Waals surface area contributed by atoms with Gasteiger partial charge in [0.2, 0.25) is 5.91 Å². The van der Waals surface area contributed by atoms with Crippen LogP contribution < -0.4 is 10.6 Å². The summed E-state index contributed by atoms with van der Waals surface area (Å²) in [6.45, 7) is 4.90. The molecular formula is C26H30F2N4O5S. The molecule has 2 aliphatic rings. The van der Waals surface area contributed by atoms with Gasteiger partial charge in [0.25, 0.3) is 5.92 Å². The fourth-order valence-electron chi connectivity index (χ4n) is 4.33. The van der Waals surface area contributed by atoms with Crippen molar-refractivity contribution in [2.75, 3.05) is 6.54 Å². The number of amides is 3. The molecule has 3 N–H and O–H groups in total. The molecule has 2 aromatic rings. The highest BCUT2D eigenvalue weighted by molar-refractivity contribution is 7.10. The van der Waals surface area contributed by atoms with Crippen molar-refractivity contribution in [3.63, 3.8) is 0 Å². The molecule has 1 aliphatic heterocycles. The molecule has 204 valence electrons. The van der Waals surface area contributed by atoms with Crippen molar-refractivity contribution in [2.24, 2.45) is 5.41 Å². The van der Waals surface area contributed by atoms with E-state index in [1.54, 1.807) is 32.2 Å². The van der Waals surface area contributed by atoms with Gasteiger partial charge in [0.15, 0.2) is 0 Å². The average Bonchev–Trinajstić information content (AvgIpc) is 3.21. The third kappa shape index (κ3) is 6.29. The van der Waals surface area contributed by atoms with Gasteiger partial charge < -0.3 is 14.8 Å². The van der Waals surface area contributed by atoms with E-state index in [0.29, 0.717) is 10.4 Å². The van der Waals surface area contributed by atoms with E-state index in [0.717, 1.165) is 10.5 Å². The predicted molar refractivity (Wildman–Crippen MR) is 136 cm³/mol. The second-order valence-electron chi connectivity index (χ2n) is 10.6. The Morgan fingerprint density at radius 1 is 1.21 bits per heavy atom. The fourth-order valence-corrected chi connectivity index (χ4v) is 5.15. The van der Waals surface area contributed by atoms with E-state index in [2.05, 4.69) is 10.6 Å². The molecule has 3 amide bonds. The minimum Gasteiger partial charge on any atom is -0.444 e. The summed E-state index contributed by atoms with van der Waals surface area (Å²) in [7, 11) is 0. The first-order valence-corrected chi connectivity index (χ1v) is 13.0. The lowest BCUT2D eigenvalue weighted by molar-refractivity contribution is -0.125. The average molecular weight is 549 g/mol. The van der Waals surface area contributed by atoms with E-state index < -0.39 is 41.1 Å². The Bertz CT molecular complexity index is 1230. The van der Waals surface area contributed by atoms with Gasteiger partial charge in [-0.15, -0.1) is 11.3 Å². The summed E-state index contributed by atoms with van der Waals surface area (Å²) < 4.78 is 38.7. The number of rotatable bonds is 6. The number of ether oxygens (including phenoxy) is 2. The van der Waals surface area contributed by atoms with Gasteiger partial charge in [0.05, 0.1) is 12.0 Å². The second-order valence-corrected chi connectivity index (χ2v) is 11.6. The Balaban J connectivity index is 1.31. The number of alkyl carbamates (subject to hydrolysis) is 1. The van der Waals surface area contributed by atoms with Crippen LogP contribution in [0, 0.1) is 10.8 Å². The van der Waals surface area contributed by atoms with Crippen molar-refractivity contribution in [3.05, 3.63) is 57.8 Å². The van der Waals surface area contributed by atoms with Gasteiger partial charge in [0, 0.05) is 28.8 Å². The van der Waals surface area contributed by atoms with Gasteiger partial charge in [-0.25, -0.2) is 18.4 Å². The minimum atomic E-state index is -2.92. The number of halogens is 2. The summed E-state index contributed by atoms with van der Waals surface area (Å²) >= 11 is 1.25. The van der Waals surface area contributed by atoms with Crippen LogP contribution in [0.3, 0.4) is 0 Å². The van der Waals surface area contributed by atoms with Crippen LogP contribution in [0.15, 0.2) is 41.8 Å². The lowest BCUT2D eigenvalue weighted by Gasteiger charge is -2.28. The molecule has 1 aromatic heterocycles. The van der Waals surface area contributed by atoms with Crippen LogP contribution in [-0.4, -0.2) is 52.9 Å². The number of alkyl halides is 2. The first-order chi connectivity index (χ1) is 17.8. The largest absolute Gasteiger partial charge is 0.444 e. The fraction of sp³-hybridized carbons (Fsp3) is 0.462. The van der Waals surface area contributed by atoms with Crippen LogP contribution in [0.25, 0.3) is 0 Å². The van der Waals surface area contributed by atoms with Gasteiger partial charge in [-0.2, -0.15) is 0 Å². The zero-order valence-corrected chi connectivity index (χ0v) is 22.1. The van der Waals surface area contributed by atoms with E-state index in [1.165, 1.54) is 11.3 Å². The van der Waals surface area contributed by atoms with Crippen molar-refractivity contribution in [2.45, 2.75) is 64.3 Å². The van der Waals surface area contributed by atoms with Gasteiger partial charge in [-0.3, -0.25) is 20.4 Å². The van der Waals surface area contributed by atoms with Gasteiger partial charge in [-0.1, -0.05) is 30.3 Å². The molecule has 1 aromatic carbocycles. The highest BCUT2D eigenvalue weighted by Crippen LogP contribution is 2.66. The van der Waals surface area contributed by atoms with Crippen molar-refractivity contribution >= 4 is 35.3 Å². The highest BCUT2D eigenvalue weighted by Gasteiger charge is 2.75.